The molecule has 0 spiro atoms. The highest BCUT2D eigenvalue weighted by Gasteiger charge is 2.18. The number of anilines is 2. The first-order valence-corrected chi connectivity index (χ1v) is 9.92. The van der Waals surface area contributed by atoms with Gasteiger partial charge in [-0.2, -0.15) is 0 Å². The lowest BCUT2D eigenvalue weighted by atomic mass is 10.1. The minimum Gasteiger partial charge on any atom is -0.289 e. The second-order valence-electron chi connectivity index (χ2n) is 6.39. The summed E-state index contributed by atoms with van der Waals surface area (Å²) in [7, 11) is 0. The summed E-state index contributed by atoms with van der Waals surface area (Å²) in [5.41, 5.74) is 4.17. The predicted molar refractivity (Wildman–Crippen MR) is 116 cm³/mol. The number of halogens is 1. The van der Waals surface area contributed by atoms with Crippen molar-refractivity contribution in [2.24, 2.45) is 0 Å². The number of amides is 1. The van der Waals surface area contributed by atoms with Crippen molar-refractivity contribution in [1.82, 2.24) is 4.98 Å². The molecule has 0 radical (unpaired) electrons. The monoisotopic (exact) mass is 410 g/mol. The molecule has 0 atom stereocenters. The summed E-state index contributed by atoms with van der Waals surface area (Å²) < 4.78 is 0. The third kappa shape index (κ3) is 4.55. The molecule has 0 aliphatic heterocycles. The van der Waals surface area contributed by atoms with E-state index >= 15 is 0 Å². The average Bonchev–Trinajstić information content (AvgIpc) is 3.11. The maximum Gasteiger partial charge on any atom is 0.230 e. The SMILES string of the molecule is CC(=O)N(c1ccc(C)c(C)c1)c1nc(C=CC(=O)c2cccc(Cl)c2)cs1. The number of benzene rings is 2. The first-order valence-electron chi connectivity index (χ1n) is 8.66. The van der Waals surface area contributed by atoms with Crippen LogP contribution >= 0.6 is 22.9 Å². The van der Waals surface area contributed by atoms with Gasteiger partial charge in [0.25, 0.3) is 0 Å². The maximum atomic E-state index is 12.3. The fourth-order valence-electron chi connectivity index (χ4n) is 2.65. The Bertz CT molecular complexity index is 1070. The summed E-state index contributed by atoms with van der Waals surface area (Å²) in [6.45, 7) is 5.55. The molecule has 0 bridgehead atoms. The Morgan fingerprint density at radius 1 is 1.11 bits per heavy atom. The zero-order chi connectivity index (χ0) is 20.3. The van der Waals surface area contributed by atoms with Crippen LogP contribution in [0.3, 0.4) is 0 Å². The van der Waals surface area contributed by atoms with Crippen LogP contribution in [-0.4, -0.2) is 16.7 Å². The number of aryl methyl sites for hydroxylation is 2. The number of carbonyl (C=O) groups excluding carboxylic acids is 2. The highest BCUT2D eigenvalue weighted by Crippen LogP contribution is 2.30. The topological polar surface area (TPSA) is 50.3 Å². The molecule has 0 fully saturated rings. The van der Waals surface area contributed by atoms with E-state index in [0.29, 0.717) is 21.4 Å². The Labute approximate surface area is 173 Å². The number of hydrogen-bond acceptors (Lipinski definition) is 4. The highest BCUT2D eigenvalue weighted by atomic mass is 35.5. The van der Waals surface area contributed by atoms with Crippen LogP contribution in [-0.2, 0) is 4.79 Å². The van der Waals surface area contributed by atoms with Crippen molar-refractivity contribution in [3.63, 3.8) is 0 Å². The summed E-state index contributed by atoms with van der Waals surface area (Å²) in [6, 6.07) is 12.6. The lowest BCUT2D eigenvalue weighted by molar-refractivity contribution is -0.115. The van der Waals surface area contributed by atoms with Crippen molar-refractivity contribution in [1.29, 1.82) is 0 Å². The second kappa shape index (κ2) is 8.50. The van der Waals surface area contributed by atoms with Crippen LogP contribution in [0.2, 0.25) is 5.02 Å². The Kier molecular flexibility index (Phi) is 6.07. The molecule has 0 saturated carbocycles. The van der Waals surface area contributed by atoms with Gasteiger partial charge in [-0.25, -0.2) is 4.98 Å². The molecule has 3 aromatic rings. The predicted octanol–water partition coefficient (Wildman–Crippen LogP) is 5.99. The number of thiazole rings is 1. The van der Waals surface area contributed by atoms with Gasteiger partial charge in [-0.1, -0.05) is 29.8 Å². The molecule has 0 unspecified atom stereocenters. The molecule has 0 N–H and O–H groups in total. The maximum absolute atomic E-state index is 12.3. The lowest BCUT2D eigenvalue weighted by Crippen LogP contribution is -2.22. The van der Waals surface area contributed by atoms with Crippen molar-refractivity contribution >= 4 is 51.5 Å². The Balaban J connectivity index is 1.84. The fourth-order valence-corrected chi connectivity index (χ4v) is 3.69. The Morgan fingerprint density at radius 2 is 1.89 bits per heavy atom. The molecule has 3 rings (SSSR count). The molecular weight excluding hydrogens is 392 g/mol. The molecule has 0 aliphatic rings. The third-order valence-electron chi connectivity index (χ3n) is 4.28. The van der Waals surface area contributed by atoms with Crippen molar-refractivity contribution in [2.45, 2.75) is 20.8 Å². The minimum atomic E-state index is -0.158. The zero-order valence-electron chi connectivity index (χ0n) is 15.8. The number of ketones is 1. The molecule has 0 aliphatic carbocycles. The summed E-state index contributed by atoms with van der Waals surface area (Å²) >= 11 is 7.28. The van der Waals surface area contributed by atoms with E-state index in [1.807, 2.05) is 37.4 Å². The molecule has 4 nitrogen and oxygen atoms in total. The molecule has 0 saturated heterocycles. The van der Waals surface area contributed by atoms with Gasteiger partial charge in [-0.3, -0.25) is 14.5 Å². The van der Waals surface area contributed by atoms with Gasteiger partial charge in [-0.05, 0) is 61.4 Å². The van der Waals surface area contributed by atoms with Gasteiger partial charge >= 0.3 is 0 Å². The Hall–Kier alpha value is -2.76. The first kappa shape index (κ1) is 20.0. The van der Waals surface area contributed by atoms with E-state index in [1.54, 1.807) is 35.2 Å². The van der Waals surface area contributed by atoms with Crippen LogP contribution in [0.5, 0.6) is 0 Å². The van der Waals surface area contributed by atoms with Gasteiger partial charge in [-0.15, -0.1) is 11.3 Å². The second-order valence-corrected chi connectivity index (χ2v) is 7.66. The van der Waals surface area contributed by atoms with Crippen LogP contribution in [0, 0.1) is 13.8 Å². The molecule has 28 heavy (non-hydrogen) atoms. The lowest BCUT2D eigenvalue weighted by Gasteiger charge is -2.19. The van der Waals surface area contributed by atoms with Gasteiger partial charge in [0.05, 0.1) is 11.4 Å². The Morgan fingerprint density at radius 3 is 2.57 bits per heavy atom. The summed E-state index contributed by atoms with van der Waals surface area (Å²) in [6.07, 6.45) is 3.10. The van der Waals surface area contributed by atoms with E-state index in [0.717, 1.165) is 16.8 Å². The van der Waals surface area contributed by atoms with Crippen molar-refractivity contribution < 1.29 is 9.59 Å². The van der Waals surface area contributed by atoms with Gasteiger partial charge < -0.3 is 0 Å². The fraction of sp³-hybridized carbons (Fsp3) is 0.136. The molecule has 1 amide bonds. The number of carbonyl (C=O) groups is 2. The standard InChI is InChI=1S/C22H19ClN2O2S/c1-14-7-9-20(11-15(14)2)25(16(3)26)22-24-19(13-28-22)8-10-21(27)17-5-4-6-18(23)12-17/h4-13H,1-3H3. The molecular formula is C22H19ClN2O2S. The van der Waals surface area contributed by atoms with E-state index in [1.165, 1.54) is 24.3 Å². The molecule has 1 aromatic heterocycles. The molecule has 1 heterocycles. The van der Waals surface area contributed by atoms with Crippen LogP contribution in [0.15, 0.2) is 53.9 Å². The van der Waals surface area contributed by atoms with E-state index in [2.05, 4.69) is 4.98 Å². The minimum absolute atomic E-state index is 0.122. The normalized spacial score (nSPS) is 11.0. The molecule has 6 heteroatoms. The molecule has 2 aromatic carbocycles. The van der Waals surface area contributed by atoms with Gasteiger partial charge in [0, 0.05) is 22.9 Å². The van der Waals surface area contributed by atoms with Gasteiger partial charge in [0.2, 0.25) is 5.91 Å². The summed E-state index contributed by atoms with van der Waals surface area (Å²) in [5.74, 6) is -0.280. The van der Waals surface area contributed by atoms with Crippen molar-refractivity contribution in [3.05, 3.63) is 81.3 Å². The van der Waals surface area contributed by atoms with Crippen LogP contribution in [0.25, 0.3) is 6.08 Å². The van der Waals surface area contributed by atoms with Crippen molar-refractivity contribution in [2.75, 3.05) is 4.90 Å². The molecule has 142 valence electrons. The smallest absolute Gasteiger partial charge is 0.230 e. The summed E-state index contributed by atoms with van der Waals surface area (Å²) in [5, 5.41) is 2.89. The summed E-state index contributed by atoms with van der Waals surface area (Å²) in [4.78, 5) is 30.6. The van der Waals surface area contributed by atoms with Crippen LogP contribution in [0.1, 0.15) is 34.1 Å². The number of allylic oxidation sites excluding steroid dienone is 1. The van der Waals surface area contributed by atoms with E-state index < -0.39 is 0 Å². The first-order chi connectivity index (χ1) is 13.3. The van der Waals surface area contributed by atoms with Crippen molar-refractivity contribution in [3.8, 4) is 0 Å². The van der Waals surface area contributed by atoms with Gasteiger partial charge in [0.1, 0.15) is 0 Å². The number of rotatable bonds is 5. The number of hydrogen-bond donors (Lipinski definition) is 0. The number of nitrogens with zero attached hydrogens (tertiary/aromatic N) is 2. The van der Waals surface area contributed by atoms with E-state index in [4.69, 9.17) is 11.6 Å². The number of aromatic nitrogens is 1. The largest absolute Gasteiger partial charge is 0.289 e. The van der Waals surface area contributed by atoms with E-state index in [9.17, 15) is 9.59 Å². The van der Waals surface area contributed by atoms with Gasteiger partial charge in [0.15, 0.2) is 10.9 Å². The van der Waals surface area contributed by atoms with Crippen LogP contribution < -0.4 is 4.90 Å². The van der Waals surface area contributed by atoms with Crippen LogP contribution in [0.4, 0.5) is 10.8 Å². The zero-order valence-corrected chi connectivity index (χ0v) is 17.3. The third-order valence-corrected chi connectivity index (χ3v) is 5.36. The highest BCUT2D eigenvalue weighted by molar-refractivity contribution is 7.14. The quantitative estimate of drug-likeness (QED) is 0.383. The van der Waals surface area contributed by atoms with E-state index in [-0.39, 0.29) is 11.7 Å². The average molecular weight is 411 g/mol.